The summed E-state index contributed by atoms with van der Waals surface area (Å²) >= 11 is 0. The van der Waals surface area contributed by atoms with Crippen LogP contribution >= 0.6 is 0 Å². The third-order valence-electron chi connectivity index (χ3n) is 5.39. The summed E-state index contributed by atoms with van der Waals surface area (Å²) in [6.07, 6.45) is -0.227. The number of fused-ring (bicyclic) bond motifs is 1. The number of amides is 1. The summed E-state index contributed by atoms with van der Waals surface area (Å²) in [6, 6.07) is 2.26. The van der Waals surface area contributed by atoms with Crippen LogP contribution in [-0.4, -0.2) is 45.7 Å². The summed E-state index contributed by atoms with van der Waals surface area (Å²) in [7, 11) is 0. The Bertz CT molecular complexity index is 914. The molecule has 2 atom stereocenters. The number of carbonyl (C=O) groups is 1. The highest BCUT2D eigenvalue weighted by Crippen LogP contribution is 2.38. The molecule has 0 unspecified atom stereocenters. The zero-order valence-electron chi connectivity index (χ0n) is 15.3. The van der Waals surface area contributed by atoms with Crippen molar-refractivity contribution in [3.63, 3.8) is 0 Å². The monoisotopic (exact) mass is 394 g/mol. The van der Waals surface area contributed by atoms with Crippen LogP contribution in [0, 0.1) is 5.92 Å². The standard InChI is InChI=1S/C19H21F3N4O2/c1-11-8-12(25-17(27)18(28)4-5-18)10-26(9-11)14-3-2-13(19(20,21)22)15-16(14)24-7-6-23-15/h2-3,6-7,11-12,28H,4-5,8-10H2,1H3,(H,25,27)/t11-,12+/m0/s1. The lowest BCUT2D eigenvalue weighted by Crippen LogP contribution is -2.53. The zero-order valence-corrected chi connectivity index (χ0v) is 15.3. The molecule has 28 heavy (non-hydrogen) atoms. The third kappa shape index (κ3) is 3.50. The van der Waals surface area contributed by atoms with E-state index in [9.17, 15) is 23.1 Å². The van der Waals surface area contributed by atoms with E-state index >= 15 is 0 Å². The number of aliphatic hydroxyl groups is 1. The number of anilines is 1. The number of nitrogens with one attached hydrogen (secondary N) is 1. The first-order valence-electron chi connectivity index (χ1n) is 9.26. The highest BCUT2D eigenvalue weighted by molar-refractivity contribution is 5.91. The molecule has 2 N–H and O–H groups in total. The second kappa shape index (κ2) is 6.58. The smallest absolute Gasteiger partial charge is 0.380 e. The van der Waals surface area contributed by atoms with E-state index in [0.717, 1.165) is 12.5 Å². The molecule has 150 valence electrons. The maximum atomic E-state index is 13.3. The minimum absolute atomic E-state index is 0.182. The van der Waals surface area contributed by atoms with Gasteiger partial charge in [0.25, 0.3) is 5.91 Å². The maximum absolute atomic E-state index is 13.3. The number of alkyl halides is 3. The molecule has 0 bridgehead atoms. The molecule has 0 spiro atoms. The molecule has 1 aliphatic carbocycles. The van der Waals surface area contributed by atoms with Crippen molar-refractivity contribution < 1.29 is 23.1 Å². The van der Waals surface area contributed by atoms with E-state index in [1.807, 2.05) is 11.8 Å². The van der Waals surface area contributed by atoms with Crippen molar-refractivity contribution in [3.8, 4) is 0 Å². The lowest BCUT2D eigenvalue weighted by atomic mass is 9.94. The quantitative estimate of drug-likeness (QED) is 0.837. The highest BCUT2D eigenvalue weighted by atomic mass is 19.4. The second-order valence-corrected chi connectivity index (χ2v) is 7.83. The molecular weight excluding hydrogens is 373 g/mol. The Morgan fingerprint density at radius 2 is 1.89 bits per heavy atom. The first-order chi connectivity index (χ1) is 13.2. The van der Waals surface area contributed by atoms with Gasteiger partial charge in [0.05, 0.1) is 11.3 Å². The van der Waals surface area contributed by atoms with Crippen LogP contribution in [0.3, 0.4) is 0 Å². The van der Waals surface area contributed by atoms with Crippen molar-refractivity contribution in [2.24, 2.45) is 5.92 Å². The Kier molecular flexibility index (Phi) is 4.45. The number of hydrogen-bond acceptors (Lipinski definition) is 5. The van der Waals surface area contributed by atoms with Crippen LogP contribution in [0.1, 0.15) is 31.7 Å². The van der Waals surface area contributed by atoms with Crippen molar-refractivity contribution >= 4 is 22.6 Å². The van der Waals surface area contributed by atoms with E-state index < -0.39 is 17.3 Å². The molecule has 1 aromatic heterocycles. The number of hydrogen-bond donors (Lipinski definition) is 2. The van der Waals surface area contributed by atoms with Crippen molar-refractivity contribution in [1.82, 2.24) is 15.3 Å². The van der Waals surface area contributed by atoms with Gasteiger partial charge in [-0.1, -0.05) is 6.92 Å². The molecule has 1 amide bonds. The zero-order chi connectivity index (χ0) is 20.1. The van der Waals surface area contributed by atoms with E-state index in [1.165, 1.54) is 18.5 Å². The van der Waals surface area contributed by atoms with Crippen molar-refractivity contribution in [2.45, 2.75) is 44.0 Å². The van der Waals surface area contributed by atoms with E-state index in [0.29, 0.717) is 31.6 Å². The van der Waals surface area contributed by atoms with E-state index in [-0.39, 0.29) is 28.9 Å². The number of benzene rings is 1. The van der Waals surface area contributed by atoms with Gasteiger partial charge in [-0.3, -0.25) is 14.8 Å². The van der Waals surface area contributed by atoms with E-state index in [4.69, 9.17) is 0 Å². The van der Waals surface area contributed by atoms with Crippen molar-refractivity contribution in [2.75, 3.05) is 18.0 Å². The predicted octanol–water partition coefficient (Wildman–Crippen LogP) is 2.50. The summed E-state index contributed by atoms with van der Waals surface area (Å²) in [6.45, 7) is 3.09. The summed E-state index contributed by atoms with van der Waals surface area (Å²) in [5.74, 6) is -0.162. The molecule has 2 aromatic rings. The molecule has 1 aromatic carbocycles. The maximum Gasteiger partial charge on any atom is 0.418 e. The summed E-state index contributed by atoms with van der Waals surface area (Å²) < 4.78 is 40.0. The van der Waals surface area contributed by atoms with Crippen LogP contribution in [-0.2, 0) is 11.0 Å². The fourth-order valence-electron chi connectivity index (χ4n) is 3.84. The molecule has 2 aliphatic rings. The fraction of sp³-hybridized carbons (Fsp3) is 0.526. The first kappa shape index (κ1) is 18.9. The number of piperidine rings is 1. The summed E-state index contributed by atoms with van der Waals surface area (Å²) in [5.41, 5.74) is -1.49. The second-order valence-electron chi connectivity index (χ2n) is 7.83. The lowest BCUT2D eigenvalue weighted by molar-refractivity contribution is -0.136. The average Bonchev–Trinajstić information content (AvgIpc) is 3.38. The Labute approximate surface area is 159 Å². The number of rotatable bonds is 3. The molecule has 0 radical (unpaired) electrons. The van der Waals surface area contributed by atoms with Crippen LogP contribution < -0.4 is 10.2 Å². The van der Waals surface area contributed by atoms with Gasteiger partial charge in [-0.05, 0) is 37.3 Å². The van der Waals surface area contributed by atoms with Crippen LogP contribution in [0.4, 0.5) is 18.9 Å². The van der Waals surface area contributed by atoms with E-state index in [1.54, 1.807) is 0 Å². The minimum atomic E-state index is -4.52. The van der Waals surface area contributed by atoms with Gasteiger partial charge in [-0.25, -0.2) is 0 Å². The molecular formula is C19H21F3N4O2. The van der Waals surface area contributed by atoms with Gasteiger partial charge in [-0.15, -0.1) is 0 Å². The van der Waals surface area contributed by atoms with Crippen molar-refractivity contribution in [1.29, 1.82) is 0 Å². The van der Waals surface area contributed by atoms with Gasteiger partial charge < -0.3 is 15.3 Å². The van der Waals surface area contributed by atoms with Gasteiger partial charge in [0, 0.05) is 31.5 Å². The Morgan fingerprint density at radius 1 is 1.21 bits per heavy atom. The average molecular weight is 394 g/mol. The molecule has 1 aliphatic heterocycles. The molecule has 9 heteroatoms. The first-order valence-corrected chi connectivity index (χ1v) is 9.26. The number of aromatic nitrogens is 2. The van der Waals surface area contributed by atoms with Crippen LogP contribution in [0.15, 0.2) is 24.5 Å². The van der Waals surface area contributed by atoms with Gasteiger partial charge in [0.2, 0.25) is 0 Å². The largest absolute Gasteiger partial charge is 0.418 e. The minimum Gasteiger partial charge on any atom is -0.380 e. The normalized spacial score (nSPS) is 24.2. The van der Waals surface area contributed by atoms with Crippen LogP contribution in [0.2, 0.25) is 0 Å². The van der Waals surface area contributed by atoms with Crippen LogP contribution in [0.25, 0.3) is 11.0 Å². The molecule has 1 saturated heterocycles. The number of carbonyl (C=O) groups excluding carboxylic acids is 1. The van der Waals surface area contributed by atoms with Gasteiger partial charge in [0.15, 0.2) is 0 Å². The van der Waals surface area contributed by atoms with Gasteiger partial charge >= 0.3 is 6.18 Å². The summed E-state index contributed by atoms with van der Waals surface area (Å²) in [5, 5.41) is 12.9. The number of nitrogens with zero attached hydrogens (tertiary/aromatic N) is 3. The Morgan fingerprint density at radius 3 is 2.54 bits per heavy atom. The third-order valence-corrected chi connectivity index (χ3v) is 5.39. The van der Waals surface area contributed by atoms with Crippen LogP contribution in [0.5, 0.6) is 0 Å². The highest BCUT2D eigenvalue weighted by Gasteiger charge is 2.48. The number of halogens is 3. The Hall–Kier alpha value is -2.42. The fourth-order valence-corrected chi connectivity index (χ4v) is 3.84. The predicted molar refractivity (Wildman–Crippen MR) is 96.6 cm³/mol. The summed E-state index contributed by atoms with van der Waals surface area (Å²) in [4.78, 5) is 22.2. The molecule has 1 saturated carbocycles. The van der Waals surface area contributed by atoms with Crippen molar-refractivity contribution in [3.05, 3.63) is 30.1 Å². The Balaban J connectivity index is 1.64. The molecule has 4 rings (SSSR count). The molecule has 6 nitrogen and oxygen atoms in total. The SMILES string of the molecule is C[C@H]1C[C@@H](NC(=O)C2(O)CC2)CN(c2ccc(C(F)(F)F)c3nccnc23)C1. The van der Waals surface area contributed by atoms with E-state index in [2.05, 4.69) is 15.3 Å². The lowest BCUT2D eigenvalue weighted by Gasteiger charge is -2.38. The van der Waals surface area contributed by atoms with Gasteiger partial charge in [-0.2, -0.15) is 13.2 Å². The van der Waals surface area contributed by atoms with Gasteiger partial charge in [0.1, 0.15) is 16.6 Å². The topological polar surface area (TPSA) is 78.4 Å². The molecule has 2 heterocycles. The molecule has 2 fully saturated rings.